The van der Waals surface area contributed by atoms with Crippen molar-refractivity contribution >= 4 is 10.8 Å². The normalized spacial score (nSPS) is 24.3. The molecule has 1 fully saturated rings. The lowest BCUT2D eigenvalue weighted by atomic mass is 9.90. The average Bonchev–Trinajstić information content (AvgIpc) is 2.82. The zero-order chi connectivity index (χ0) is 12.8. The Morgan fingerprint density at radius 1 is 1.21 bits per heavy atom. The minimum absolute atomic E-state index is 0.179. The van der Waals surface area contributed by atoms with E-state index >= 15 is 0 Å². The first-order valence-electron chi connectivity index (χ1n) is 6.40. The predicted molar refractivity (Wildman–Crippen MR) is 69.5 cm³/mol. The van der Waals surface area contributed by atoms with Crippen molar-refractivity contribution in [1.29, 1.82) is 0 Å². The number of rotatable bonds is 2. The van der Waals surface area contributed by atoms with E-state index in [1.54, 1.807) is 6.20 Å². The number of nitrogens with two attached hydrogens (primary N) is 1. The standard InChI is InChI=1S/C14H14N2O3/c15-9-4-10(5-9)19-14-11-6-13-12(17-7-18-13)3-8(11)1-2-16-14/h1-3,6,9-10H,4-5,7,15H2. The van der Waals surface area contributed by atoms with Gasteiger partial charge in [-0.1, -0.05) is 0 Å². The van der Waals surface area contributed by atoms with Crippen LogP contribution < -0.4 is 19.9 Å². The van der Waals surface area contributed by atoms with Crippen molar-refractivity contribution < 1.29 is 14.2 Å². The average molecular weight is 258 g/mol. The number of pyridine rings is 1. The molecule has 1 aromatic carbocycles. The predicted octanol–water partition coefficient (Wildman–Crippen LogP) is 1.83. The number of aromatic nitrogens is 1. The first kappa shape index (κ1) is 10.9. The number of fused-ring (bicyclic) bond motifs is 2. The van der Waals surface area contributed by atoms with Gasteiger partial charge in [0.05, 0.1) is 0 Å². The monoisotopic (exact) mass is 258 g/mol. The number of nitrogens with zero attached hydrogens (tertiary/aromatic N) is 1. The lowest BCUT2D eigenvalue weighted by Gasteiger charge is -2.32. The summed E-state index contributed by atoms with van der Waals surface area (Å²) in [6.07, 6.45) is 3.71. The Hall–Kier alpha value is -2.01. The van der Waals surface area contributed by atoms with Gasteiger partial charge >= 0.3 is 0 Å². The van der Waals surface area contributed by atoms with Gasteiger partial charge in [-0.3, -0.25) is 0 Å². The van der Waals surface area contributed by atoms with E-state index < -0.39 is 0 Å². The summed E-state index contributed by atoms with van der Waals surface area (Å²) < 4.78 is 16.7. The third kappa shape index (κ3) is 1.77. The Labute approximate surface area is 110 Å². The molecule has 5 heteroatoms. The van der Waals surface area contributed by atoms with Crippen LogP contribution >= 0.6 is 0 Å². The van der Waals surface area contributed by atoms with Gasteiger partial charge in [0.25, 0.3) is 0 Å². The minimum atomic E-state index is 0.179. The van der Waals surface area contributed by atoms with E-state index in [1.807, 2.05) is 18.2 Å². The van der Waals surface area contributed by atoms with E-state index in [4.69, 9.17) is 19.9 Å². The fraction of sp³-hybridized carbons (Fsp3) is 0.357. The summed E-state index contributed by atoms with van der Waals surface area (Å²) in [4.78, 5) is 4.32. The van der Waals surface area contributed by atoms with Crippen LogP contribution in [0.15, 0.2) is 24.4 Å². The van der Waals surface area contributed by atoms with Crippen LogP contribution in [0.3, 0.4) is 0 Å². The third-order valence-electron chi connectivity index (χ3n) is 3.63. The molecule has 2 aliphatic rings. The van der Waals surface area contributed by atoms with Crippen LogP contribution in [0.2, 0.25) is 0 Å². The molecule has 98 valence electrons. The Kier molecular flexibility index (Phi) is 2.29. The summed E-state index contributed by atoms with van der Waals surface area (Å²) in [5, 5.41) is 1.99. The van der Waals surface area contributed by atoms with E-state index in [2.05, 4.69) is 4.98 Å². The summed E-state index contributed by atoms with van der Waals surface area (Å²) in [6.45, 7) is 0.271. The molecule has 4 rings (SSSR count). The fourth-order valence-electron chi connectivity index (χ4n) is 2.49. The maximum atomic E-state index is 5.91. The smallest absolute Gasteiger partial charge is 0.231 e. The van der Waals surface area contributed by atoms with Crippen LogP contribution in [0.25, 0.3) is 10.8 Å². The largest absolute Gasteiger partial charge is 0.474 e. The second-order valence-electron chi connectivity index (χ2n) is 5.01. The summed E-state index contributed by atoms with van der Waals surface area (Å²) in [6, 6.07) is 6.09. The van der Waals surface area contributed by atoms with Crippen molar-refractivity contribution in [3.8, 4) is 17.4 Å². The fourth-order valence-corrected chi connectivity index (χ4v) is 2.49. The molecular weight excluding hydrogens is 244 g/mol. The molecule has 0 amide bonds. The van der Waals surface area contributed by atoms with Crippen molar-refractivity contribution in [2.45, 2.75) is 25.0 Å². The lowest BCUT2D eigenvalue weighted by Crippen LogP contribution is -2.43. The Morgan fingerprint density at radius 2 is 2.00 bits per heavy atom. The molecule has 2 aromatic rings. The molecule has 0 saturated heterocycles. The molecule has 0 atom stereocenters. The quantitative estimate of drug-likeness (QED) is 0.890. The van der Waals surface area contributed by atoms with Crippen molar-refractivity contribution in [2.24, 2.45) is 5.73 Å². The van der Waals surface area contributed by atoms with Crippen LogP contribution in [0.4, 0.5) is 0 Å². The maximum Gasteiger partial charge on any atom is 0.231 e. The van der Waals surface area contributed by atoms with E-state index in [-0.39, 0.29) is 18.9 Å². The van der Waals surface area contributed by atoms with E-state index in [0.717, 1.165) is 35.1 Å². The summed E-state index contributed by atoms with van der Waals surface area (Å²) in [7, 11) is 0. The molecule has 0 spiro atoms. The Bertz CT molecular complexity index is 638. The molecule has 0 bridgehead atoms. The molecule has 2 N–H and O–H groups in total. The highest BCUT2D eigenvalue weighted by Crippen LogP contribution is 2.39. The van der Waals surface area contributed by atoms with Gasteiger partial charge in [0, 0.05) is 17.6 Å². The van der Waals surface area contributed by atoms with Crippen molar-refractivity contribution in [3.05, 3.63) is 24.4 Å². The highest BCUT2D eigenvalue weighted by atomic mass is 16.7. The number of benzene rings is 1. The lowest BCUT2D eigenvalue weighted by molar-refractivity contribution is 0.0976. The molecule has 19 heavy (non-hydrogen) atoms. The number of ether oxygens (including phenoxy) is 3. The zero-order valence-corrected chi connectivity index (χ0v) is 10.3. The van der Waals surface area contributed by atoms with Gasteiger partial charge in [0.2, 0.25) is 12.7 Å². The second-order valence-corrected chi connectivity index (χ2v) is 5.01. The van der Waals surface area contributed by atoms with Crippen molar-refractivity contribution in [3.63, 3.8) is 0 Å². The highest BCUT2D eigenvalue weighted by molar-refractivity contribution is 5.90. The van der Waals surface area contributed by atoms with Gasteiger partial charge < -0.3 is 19.9 Å². The van der Waals surface area contributed by atoms with Crippen LogP contribution in [-0.2, 0) is 0 Å². The molecule has 2 heterocycles. The zero-order valence-electron chi connectivity index (χ0n) is 10.3. The third-order valence-corrected chi connectivity index (χ3v) is 3.63. The van der Waals surface area contributed by atoms with E-state index in [9.17, 15) is 0 Å². The summed E-state index contributed by atoms with van der Waals surface area (Å²) in [5.74, 6) is 2.17. The van der Waals surface area contributed by atoms with Gasteiger partial charge in [-0.25, -0.2) is 4.98 Å². The SMILES string of the molecule is NC1CC(Oc2nccc3cc4c(cc23)OCO4)C1. The highest BCUT2D eigenvalue weighted by Gasteiger charge is 2.28. The second kappa shape index (κ2) is 3.99. The Balaban J connectivity index is 1.74. The molecule has 1 saturated carbocycles. The van der Waals surface area contributed by atoms with Crippen molar-refractivity contribution in [1.82, 2.24) is 4.98 Å². The Morgan fingerprint density at radius 3 is 2.79 bits per heavy atom. The molecule has 0 radical (unpaired) electrons. The van der Waals surface area contributed by atoms with Gasteiger partial charge in [0.1, 0.15) is 6.10 Å². The molecule has 1 aliphatic heterocycles. The van der Waals surface area contributed by atoms with Crippen LogP contribution in [-0.4, -0.2) is 23.9 Å². The first-order valence-corrected chi connectivity index (χ1v) is 6.40. The molecular formula is C14H14N2O3. The molecule has 1 aliphatic carbocycles. The molecule has 5 nitrogen and oxygen atoms in total. The van der Waals surface area contributed by atoms with Gasteiger partial charge in [0.15, 0.2) is 11.5 Å². The molecule has 0 unspecified atom stereocenters. The topological polar surface area (TPSA) is 66.6 Å². The van der Waals surface area contributed by atoms with Crippen molar-refractivity contribution in [2.75, 3.05) is 6.79 Å². The first-order chi connectivity index (χ1) is 9.29. The van der Waals surface area contributed by atoms with Gasteiger partial charge in [-0.05, 0) is 36.4 Å². The van der Waals surface area contributed by atoms with Crippen LogP contribution in [0.5, 0.6) is 17.4 Å². The van der Waals surface area contributed by atoms with E-state index in [1.165, 1.54) is 0 Å². The molecule has 1 aromatic heterocycles. The van der Waals surface area contributed by atoms with Gasteiger partial charge in [-0.15, -0.1) is 0 Å². The van der Waals surface area contributed by atoms with Gasteiger partial charge in [-0.2, -0.15) is 0 Å². The van der Waals surface area contributed by atoms with E-state index in [0.29, 0.717) is 5.88 Å². The summed E-state index contributed by atoms with van der Waals surface area (Å²) >= 11 is 0. The maximum absolute atomic E-state index is 5.91. The minimum Gasteiger partial charge on any atom is -0.474 e. The van der Waals surface area contributed by atoms with Crippen LogP contribution in [0.1, 0.15) is 12.8 Å². The summed E-state index contributed by atoms with van der Waals surface area (Å²) in [5.41, 5.74) is 5.77. The van der Waals surface area contributed by atoms with Crippen LogP contribution in [0, 0.1) is 0 Å². The number of hydrogen-bond acceptors (Lipinski definition) is 5. The number of hydrogen-bond donors (Lipinski definition) is 1.